The summed E-state index contributed by atoms with van der Waals surface area (Å²) in [5.41, 5.74) is 2.26. The minimum Gasteiger partial charge on any atom is -0.337 e. The van der Waals surface area contributed by atoms with E-state index in [4.69, 9.17) is 0 Å². The van der Waals surface area contributed by atoms with E-state index in [0.29, 0.717) is 25.2 Å². The Morgan fingerprint density at radius 3 is 2.84 bits per heavy atom. The number of aromatic nitrogens is 2. The van der Waals surface area contributed by atoms with Gasteiger partial charge in [0.2, 0.25) is 0 Å². The van der Waals surface area contributed by atoms with Gasteiger partial charge >= 0.3 is 6.03 Å². The van der Waals surface area contributed by atoms with Gasteiger partial charge in [-0.3, -0.25) is 9.58 Å². The third kappa shape index (κ3) is 5.32. The van der Waals surface area contributed by atoms with Crippen LogP contribution in [0.1, 0.15) is 30.9 Å². The predicted molar refractivity (Wildman–Crippen MR) is 98.3 cm³/mol. The van der Waals surface area contributed by atoms with Crippen LogP contribution in [0, 0.1) is 0 Å². The summed E-state index contributed by atoms with van der Waals surface area (Å²) in [6.07, 6.45) is 6.28. The van der Waals surface area contributed by atoms with Crippen molar-refractivity contribution >= 4 is 6.03 Å². The van der Waals surface area contributed by atoms with Gasteiger partial charge in [0.05, 0.1) is 6.54 Å². The fourth-order valence-electron chi connectivity index (χ4n) is 2.89. The molecule has 1 fully saturated rings. The van der Waals surface area contributed by atoms with Gasteiger partial charge in [0.15, 0.2) is 0 Å². The molecule has 1 atom stereocenters. The number of nitrogens with one attached hydrogen (secondary N) is 2. The molecule has 2 amide bonds. The van der Waals surface area contributed by atoms with Crippen molar-refractivity contribution in [1.29, 1.82) is 0 Å². The van der Waals surface area contributed by atoms with Crippen LogP contribution in [0.5, 0.6) is 0 Å². The third-order valence-electron chi connectivity index (χ3n) is 4.72. The average Bonchev–Trinajstić information content (AvgIpc) is 3.35. The summed E-state index contributed by atoms with van der Waals surface area (Å²) in [4.78, 5) is 14.4. The minimum atomic E-state index is -0.117. The molecular weight excluding hydrogens is 314 g/mol. The van der Waals surface area contributed by atoms with Crippen molar-refractivity contribution in [2.75, 3.05) is 13.6 Å². The summed E-state index contributed by atoms with van der Waals surface area (Å²) in [6.45, 7) is 4.07. The predicted octanol–water partition coefficient (Wildman–Crippen LogP) is 2.21. The largest absolute Gasteiger partial charge is 0.337 e. The molecule has 1 aromatic carbocycles. The Kier molecular flexibility index (Phi) is 5.71. The highest BCUT2D eigenvalue weighted by Crippen LogP contribution is 2.26. The highest BCUT2D eigenvalue weighted by molar-refractivity contribution is 5.73. The summed E-state index contributed by atoms with van der Waals surface area (Å²) >= 11 is 0. The van der Waals surface area contributed by atoms with Crippen molar-refractivity contribution in [1.82, 2.24) is 25.3 Å². The van der Waals surface area contributed by atoms with Gasteiger partial charge in [-0.15, -0.1) is 0 Å². The number of urea groups is 1. The van der Waals surface area contributed by atoms with E-state index in [9.17, 15) is 4.79 Å². The van der Waals surface area contributed by atoms with E-state index < -0.39 is 0 Å². The fraction of sp³-hybridized carbons (Fsp3) is 0.474. The molecule has 1 saturated carbocycles. The molecule has 0 spiro atoms. The summed E-state index contributed by atoms with van der Waals surface area (Å²) in [5.74, 6) is 0. The standard InChI is InChI=1S/C19H27N5O/c1-15(23(2)18-7-8-18)12-20-19(25)21-13-16-5-3-6-17(11-16)14-24-10-4-9-22-24/h3-6,9-11,15,18H,7-8,12-14H2,1-2H3,(H2,20,21,25)/t15-/m0/s1. The van der Waals surface area contributed by atoms with Gasteiger partial charge in [-0.25, -0.2) is 4.79 Å². The van der Waals surface area contributed by atoms with Crippen molar-refractivity contribution in [2.45, 2.75) is 44.9 Å². The van der Waals surface area contributed by atoms with Crippen LogP contribution < -0.4 is 10.6 Å². The number of rotatable bonds is 8. The zero-order valence-electron chi connectivity index (χ0n) is 15.0. The molecule has 0 radical (unpaired) electrons. The van der Waals surface area contributed by atoms with Gasteiger partial charge in [-0.2, -0.15) is 5.10 Å². The first-order valence-electron chi connectivity index (χ1n) is 8.90. The topological polar surface area (TPSA) is 62.2 Å². The number of nitrogens with zero attached hydrogens (tertiary/aromatic N) is 3. The van der Waals surface area contributed by atoms with E-state index in [0.717, 1.165) is 12.1 Å². The summed E-state index contributed by atoms with van der Waals surface area (Å²) in [5, 5.41) is 10.1. The van der Waals surface area contributed by atoms with Gasteiger partial charge in [-0.1, -0.05) is 24.3 Å². The SMILES string of the molecule is C[C@@H](CNC(=O)NCc1cccc(Cn2cccn2)c1)N(C)C1CC1. The number of carbonyl (C=O) groups excluding carboxylic acids is 1. The molecular formula is C19H27N5O. The average molecular weight is 341 g/mol. The normalized spacial score (nSPS) is 15.2. The number of amides is 2. The number of hydrogen-bond donors (Lipinski definition) is 2. The molecule has 6 heteroatoms. The highest BCUT2D eigenvalue weighted by atomic mass is 16.2. The van der Waals surface area contributed by atoms with Gasteiger partial charge in [-0.05, 0) is 44.0 Å². The zero-order chi connectivity index (χ0) is 17.6. The van der Waals surface area contributed by atoms with E-state index >= 15 is 0 Å². The molecule has 25 heavy (non-hydrogen) atoms. The lowest BCUT2D eigenvalue weighted by molar-refractivity contribution is 0.222. The number of benzene rings is 1. The van der Waals surface area contributed by atoms with E-state index in [1.165, 1.54) is 18.4 Å². The van der Waals surface area contributed by atoms with Gasteiger partial charge < -0.3 is 10.6 Å². The Morgan fingerprint density at radius 2 is 2.12 bits per heavy atom. The van der Waals surface area contributed by atoms with E-state index in [-0.39, 0.29) is 6.03 Å². The van der Waals surface area contributed by atoms with Crippen LogP contribution in [-0.2, 0) is 13.1 Å². The maximum Gasteiger partial charge on any atom is 0.315 e. The lowest BCUT2D eigenvalue weighted by Gasteiger charge is -2.24. The molecule has 2 N–H and O–H groups in total. The molecule has 3 rings (SSSR count). The van der Waals surface area contributed by atoms with Crippen LogP contribution in [-0.4, -0.2) is 46.4 Å². The molecule has 1 aliphatic carbocycles. The molecule has 1 aliphatic rings. The molecule has 0 aliphatic heterocycles. The van der Waals surface area contributed by atoms with Gasteiger partial charge in [0.1, 0.15) is 0 Å². The minimum absolute atomic E-state index is 0.117. The van der Waals surface area contributed by atoms with Crippen molar-refractivity contribution in [2.24, 2.45) is 0 Å². The third-order valence-corrected chi connectivity index (χ3v) is 4.72. The molecule has 0 saturated heterocycles. The summed E-state index contributed by atoms with van der Waals surface area (Å²) in [6, 6.07) is 11.1. The maximum atomic E-state index is 12.0. The van der Waals surface area contributed by atoms with Crippen LogP contribution in [0.15, 0.2) is 42.7 Å². The molecule has 0 unspecified atom stereocenters. The number of hydrogen-bond acceptors (Lipinski definition) is 3. The smallest absolute Gasteiger partial charge is 0.315 e. The van der Waals surface area contributed by atoms with Crippen molar-refractivity contribution < 1.29 is 4.79 Å². The van der Waals surface area contributed by atoms with Crippen LogP contribution in [0.25, 0.3) is 0 Å². The van der Waals surface area contributed by atoms with Gasteiger partial charge in [0.25, 0.3) is 0 Å². The second-order valence-electron chi connectivity index (χ2n) is 6.83. The van der Waals surface area contributed by atoms with Crippen LogP contribution in [0.2, 0.25) is 0 Å². The number of likely N-dealkylation sites (N-methyl/N-ethyl adjacent to an activating group) is 1. The second-order valence-corrected chi connectivity index (χ2v) is 6.83. The summed E-state index contributed by atoms with van der Waals surface area (Å²) < 4.78 is 1.89. The van der Waals surface area contributed by atoms with E-state index in [1.807, 2.05) is 29.1 Å². The molecule has 1 aromatic heterocycles. The van der Waals surface area contributed by atoms with Crippen molar-refractivity contribution in [3.05, 3.63) is 53.9 Å². The van der Waals surface area contributed by atoms with E-state index in [1.54, 1.807) is 6.20 Å². The molecule has 0 bridgehead atoms. The Bertz CT molecular complexity index is 681. The maximum absolute atomic E-state index is 12.0. The molecule has 2 aromatic rings. The van der Waals surface area contributed by atoms with Crippen molar-refractivity contribution in [3.63, 3.8) is 0 Å². The Balaban J connectivity index is 1.42. The van der Waals surface area contributed by atoms with E-state index in [2.05, 4.69) is 46.7 Å². The van der Waals surface area contributed by atoms with Crippen LogP contribution in [0.3, 0.4) is 0 Å². The van der Waals surface area contributed by atoms with Crippen molar-refractivity contribution in [3.8, 4) is 0 Å². The Morgan fingerprint density at radius 1 is 1.32 bits per heavy atom. The Labute approximate surface area is 149 Å². The first-order chi connectivity index (χ1) is 12.1. The quantitative estimate of drug-likeness (QED) is 0.774. The van der Waals surface area contributed by atoms with Crippen LogP contribution >= 0.6 is 0 Å². The first kappa shape index (κ1) is 17.5. The zero-order valence-corrected chi connectivity index (χ0v) is 15.0. The summed E-state index contributed by atoms with van der Waals surface area (Å²) in [7, 11) is 2.13. The first-order valence-corrected chi connectivity index (χ1v) is 8.90. The van der Waals surface area contributed by atoms with Crippen LogP contribution in [0.4, 0.5) is 4.79 Å². The fourth-order valence-corrected chi connectivity index (χ4v) is 2.89. The Hall–Kier alpha value is -2.34. The monoisotopic (exact) mass is 341 g/mol. The lowest BCUT2D eigenvalue weighted by atomic mass is 10.1. The molecule has 134 valence electrons. The second kappa shape index (κ2) is 8.16. The highest BCUT2D eigenvalue weighted by Gasteiger charge is 2.29. The van der Waals surface area contributed by atoms with Gasteiger partial charge in [0, 0.05) is 37.6 Å². The lowest BCUT2D eigenvalue weighted by Crippen LogP contribution is -2.44. The number of carbonyl (C=O) groups is 1. The molecule has 1 heterocycles. The molecule has 6 nitrogen and oxygen atoms in total.